The van der Waals surface area contributed by atoms with E-state index in [1.165, 1.54) is 18.2 Å². The minimum atomic E-state index is -0.921. The van der Waals surface area contributed by atoms with Gasteiger partial charge in [0.05, 0.1) is 22.4 Å². The molecule has 0 radical (unpaired) electrons. The highest BCUT2D eigenvalue weighted by Gasteiger charge is 2.20. The van der Waals surface area contributed by atoms with Crippen LogP contribution in [0, 0.1) is 10.1 Å². The number of aliphatic imine (C=N–C) groups is 1. The second kappa shape index (κ2) is 5.53. The number of aliphatic hydroxyl groups excluding tert-OH is 1. The Morgan fingerprint density at radius 2 is 2.32 bits per heavy atom. The van der Waals surface area contributed by atoms with E-state index in [0.29, 0.717) is 0 Å². The van der Waals surface area contributed by atoms with Gasteiger partial charge in [-0.25, -0.2) is 0 Å². The predicted molar refractivity (Wildman–Crippen MR) is 70.3 cm³/mol. The van der Waals surface area contributed by atoms with Gasteiger partial charge in [-0.1, -0.05) is 6.07 Å². The van der Waals surface area contributed by atoms with Crippen molar-refractivity contribution < 1.29 is 10.0 Å². The molecule has 1 aromatic heterocycles. The number of hydrogen-bond acceptors (Lipinski definition) is 5. The van der Waals surface area contributed by atoms with Crippen LogP contribution in [0.3, 0.4) is 0 Å². The van der Waals surface area contributed by atoms with Gasteiger partial charge in [0.15, 0.2) is 0 Å². The zero-order valence-corrected chi connectivity index (χ0v) is 10.3. The number of pyridine rings is 1. The van der Waals surface area contributed by atoms with Crippen LogP contribution in [0.4, 0.5) is 0 Å². The monoisotopic (exact) mass is 259 g/mol. The fraction of sp³-hybridized carbons (Fsp3) is 0.231. The molecule has 0 saturated heterocycles. The number of aliphatic hydroxyl groups is 1. The Kier molecular flexibility index (Phi) is 3.82. The van der Waals surface area contributed by atoms with Gasteiger partial charge in [-0.3, -0.25) is 20.1 Å². The molecule has 0 bridgehead atoms. The molecule has 0 fully saturated rings. The van der Waals surface area contributed by atoms with Crippen LogP contribution < -0.4 is 0 Å². The minimum Gasteiger partial charge on any atom is -0.383 e. The van der Waals surface area contributed by atoms with E-state index in [4.69, 9.17) is 0 Å². The number of allylic oxidation sites excluding steroid dienone is 1. The highest BCUT2D eigenvalue weighted by molar-refractivity contribution is 6.01. The Morgan fingerprint density at radius 1 is 1.53 bits per heavy atom. The topological polar surface area (TPSA) is 88.6 Å². The Morgan fingerprint density at radius 3 is 2.95 bits per heavy atom. The molecular formula is C13H13N3O3. The smallest absolute Gasteiger partial charge is 0.271 e. The molecule has 6 heteroatoms. The minimum absolute atomic E-state index is 0.0859. The molecule has 19 heavy (non-hydrogen) atoms. The third kappa shape index (κ3) is 3.11. The normalized spacial score (nSPS) is 22.1. The lowest BCUT2D eigenvalue weighted by Crippen LogP contribution is -2.21. The van der Waals surface area contributed by atoms with Crippen LogP contribution in [-0.4, -0.2) is 26.8 Å². The van der Waals surface area contributed by atoms with Crippen molar-refractivity contribution in [3.05, 3.63) is 64.1 Å². The van der Waals surface area contributed by atoms with Crippen molar-refractivity contribution in [1.29, 1.82) is 0 Å². The first kappa shape index (κ1) is 13.1. The van der Waals surface area contributed by atoms with Gasteiger partial charge in [0.2, 0.25) is 0 Å². The van der Waals surface area contributed by atoms with E-state index in [1.54, 1.807) is 12.3 Å². The summed E-state index contributed by atoms with van der Waals surface area (Å²) in [5.74, 6) is 0. The first-order valence-corrected chi connectivity index (χ1v) is 5.79. The van der Waals surface area contributed by atoms with Crippen molar-refractivity contribution in [3.63, 3.8) is 0 Å². The quantitative estimate of drug-likeness (QED) is 0.660. The van der Waals surface area contributed by atoms with E-state index in [2.05, 4.69) is 9.98 Å². The van der Waals surface area contributed by atoms with Crippen LogP contribution in [0.1, 0.15) is 18.7 Å². The number of nitrogens with zero attached hydrogens (tertiary/aromatic N) is 3. The first-order chi connectivity index (χ1) is 9.08. The predicted octanol–water partition coefficient (Wildman–Crippen LogP) is 1.67. The van der Waals surface area contributed by atoms with Gasteiger partial charge in [-0.2, -0.15) is 0 Å². The maximum Gasteiger partial charge on any atom is 0.271 e. The third-order valence-corrected chi connectivity index (χ3v) is 2.72. The van der Waals surface area contributed by atoms with E-state index in [0.717, 1.165) is 5.69 Å². The van der Waals surface area contributed by atoms with Crippen LogP contribution in [0.25, 0.3) is 0 Å². The fourth-order valence-electron chi connectivity index (χ4n) is 1.71. The van der Waals surface area contributed by atoms with E-state index in [9.17, 15) is 15.2 Å². The van der Waals surface area contributed by atoms with Gasteiger partial charge < -0.3 is 5.11 Å². The SMILES string of the molecule is CC(/N=C1/C=C([N+](=O)[O-])C=CC1O)c1ccccn1. The zero-order valence-electron chi connectivity index (χ0n) is 10.3. The molecule has 1 N–H and O–H groups in total. The summed E-state index contributed by atoms with van der Waals surface area (Å²) in [6.45, 7) is 1.82. The molecule has 0 aliphatic heterocycles. The standard InChI is InChI=1S/C13H13N3O3/c1-9(11-4-2-3-7-14-11)15-12-8-10(16(18)19)5-6-13(12)17/h2-9,13,17H,1H3/b15-12-. The molecule has 0 aromatic carbocycles. The highest BCUT2D eigenvalue weighted by atomic mass is 16.6. The summed E-state index contributed by atoms with van der Waals surface area (Å²) in [4.78, 5) is 18.6. The molecule has 0 spiro atoms. The van der Waals surface area contributed by atoms with Crippen molar-refractivity contribution in [2.75, 3.05) is 0 Å². The van der Waals surface area contributed by atoms with E-state index in [-0.39, 0.29) is 17.5 Å². The summed E-state index contributed by atoms with van der Waals surface area (Å²) in [6, 6.07) is 5.18. The molecule has 6 nitrogen and oxygen atoms in total. The van der Waals surface area contributed by atoms with Crippen LogP contribution in [-0.2, 0) is 0 Å². The molecule has 1 aromatic rings. The van der Waals surface area contributed by atoms with E-state index < -0.39 is 11.0 Å². The van der Waals surface area contributed by atoms with Crippen molar-refractivity contribution in [2.45, 2.75) is 19.1 Å². The lowest BCUT2D eigenvalue weighted by atomic mass is 10.1. The fourth-order valence-corrected chi connectivity index (χ4v) is 1.71. The molecule has 1 aliphatic carbocycles. The van der Waals surface area contributed by atoms with Crippen LogP contribution in [0.5, 0.6) is 0 Å². The third-order valence-electron chi connectivity index (χ3n) is 2.72. The molecule has 2 atom stereocenters. The number of nitro groups is 1. The first-order valence-electron chi connectivity index (χ1n) is 5.79. The summed E-state index contributed by atoms with van der Waals surface area (Å²) in [7, 11) is 0. The van der Waals surface area contributed by atoms with Gasteiger partial charge in [0.1, 0.15) is 6.10 Å². The van der Waals surface area contributed by atoms with Crippen molar-refractivity contribution >= 4 is 5.71 Å². The maximum atomic E-state index is 10.7. The summed E-state index contributed by atoms with van der Waals surface area (Å²) in [5, 5.41) is 20.5. The lowest BCUT2D eigenvalue weighted by Gasteiger charge is -2.13. The number of aromatic nitrogens is 1. The second-order valence-corrected chi connectivity index (χ2v) is 4.11. The Labute approximate surface area is 110 Å². The van der Waals surface area contributed by atoms with Crippen LogP contribution in [0.15, 0.2) is 53.3 Å². The van der Waals surface area contributed by atoms with Gasteiger partial charge in [0, 0.05) is 18.3 Å². The highest BCUT2D eigenvalue weighted by Crippen LogP contribution is 2.17. The molecule has 0 saturated carbocycles. The van der Waals surface area contributed by atoms with E-state index in [1.807, 2.05) is 19.1 Å². The zero-order chi connectivity index (χ0) is 13.8. The van der Waals surface area contributed by atoms with Gasteiger partial charge in [0.25, 0.3) is 5.70 Å². The maximum absolute atomic E-state index is 10.7. The number of hydrogen-bond donors (Lipinski definition) is 1. The molecule has 1 aliphatic rings. The van der Waals surface area contributed by atoms with Crippen LogP contribution >= 0.6 is 0 Å². The summed E-state index contributed by atoms with van der Waals surface area (Å²) in [6.07, 6.45) is 4.64. The molecule has 0 amide bonds. The molecule has 98 valence electrons. The van der Waals surface area contributed by atoms with Crippen molar-refractivity contribution in [2.24, 2.45) is 4.99 Å². The summed E-state index contributed by atoms with van der Waals surface area (Å²) < 4.78 is 0. The van der Waals surface area contributed by atoms with E-state index >= 15 is 0 Å². The number of rotatable bonds is 3. The van der Waals surface area contributed by atoms with Gasteiger partial charge in [-0.05, 0) is 25.1 Å². The van der Waals surface area contributed by atoms with Crippen molar-refractivity contribution in [3.8, 4) is 0 Å². The molecule has 2 unspecified atom stereocenters. The van der Waals surface area contributed by atoms with Gasteiger partial charge >= 0.3 is 0 Å². The lowest BCUT2D eigenvalue weighted by molar-refractivity contribution is -0.419. The van der Waals surface area contributed by atoms with Gasteiger partial charge in [-0.15, -0.1) is 0 Å². The average Bonchev–Trinajstić information content (AvgIpc) is 2.42. The summed E-state index contributed by atoms with van der Waals surface area (Å²) in [5.41, 5.74) is 0.928. The average molecular weight is 259 g/mol. The van der Waals surface area contributed by atoms with Crippen molar-refractivity contribution in [1.82, 2.24) is 4.98 Å². The largest absolute Gasteiger partial charge is 0.383 e. The summed E-state index contributed by atoms with van der Waals surface area (Å²) >= 11 is 0. The Hall–Kier alpha value is -2.34. The van der Waals surface area contributed by atoms with Crippen LogP contribution in [0.2, 0.25) is 0 Å². The molecular weight excluding hydrogens is 246 g/mol. The Balaban J connectivity index is 2.27. The molecule has 1 heterocycles. The Bertz CT molecular complexity index is 564. The molecule has 2 rings (SSSR count). The second-order valence-electron chi connectivity index (χ2n) is 4.11.